The largest absolute Gasteiger partial charge is 0.410 e. The molecule has 18 rings (SSSR count). The Labute approximate surface area is 835 Å². The Balaban J connectivity index is 0.864. The standard InChI is InChI=1S/C84H180O24Si24/c1-51-60(132(49,50)108-82-70(94-118-16)69(93-117-15)71(95-119(17)52-2)72(70,96-120(18)53-3)84(82,104-128(40,41)42)83(71,103-127(37,38)39)78(69,82)102-126(34,35)36)56-59(6)131(47,48)107-81-68(92-116-14)64(88-112-10)67(91-115-13)65(68,89-113-11)77(81,101-125(31,32)33)80(67,76(64,81)100-124(28,29)30)106-130(45,46)58(5)55-54-57(4)129(43,44)105-79-66(90-114-12)62(86-110-8)61(85-109-7)63(66,87-111-9)75(79,99-123(25,26)27)73(61,97-121(19,20)21)74(62,79)98-122(22,23)24/h51,54-56,119-120H,52-53,109-118H2,1-50H3. The lowest BCUT2D eigenvalue weighted by Crippen LogP contribution is -3.53. The van der Waals surface area contributed by atoms with Gasteiger partial charge in [-0.15, -0.1) is 0 Å². The number of hydrogen-bond acceptors (Lipinski definition) is 24. The van der Waals surface area contributed by atoms with Crippen LogP contribution in [0.4, 0.5) is 0 Å². The maximum Gasteiger partial charge on any atom is 0.219 e. The van der Waals surface area contributed by atoms with E-state index in [1.54, 1.807) is 0 Å². The van der Waals surface area contributed by atoms with Gasteiger partial charge in [-0.1, -0.05) is 119 Å². The summed E-state index contributed by atoms with van der Waals surface area (Å²) in [6, 6.07) is 1.84. The summed E-state index contributed by atoms with van der Waals surface area (Å²) in [4.78, 5) is 0. The van der Waals surface area contributed by atoms with Crippen molar-refractivity contribution in [1.82, 2.24) is 0 Å². The molecule has 48 heteroatoms. The molecule has 0 saturated heterocycles. The van der Waals surface area contributed by atoms with Crippen LogP contribution in [-0.4, -0.2) is 350 Å². The first-order valence-electron chi connectivity index (χ1n) is 51.0. The molecule has 0 radical (unpaired) electrons. The highest BCUT2D eigenvalue weighted by molar-refractivity contribution is 6.83. The smallest absolute Gasteiger partial charge is 0.219 e. The fourth-order valence-electron chi connectivity index (χ4n) is 33.0. The van der Waals surface area contributed by atoms with Crippen molar-refractivity contribution >= 4 is 216 Å². The molecule has 0 aromatic carbocycles. The molecule has 0 bridgehead atoms. The van der Waals surface area contributed by atoms with Crippen LogP contribution in [0.5, 0.6) is 0 Å². The van der Waals surface area contributed by atoms with Gasteiger partial charge < -0.3 is 106 Å². The Morgan fingerprint density at radius 2 is 0.364 bits per heavy atom. The lowest BCUT2D eigenvalue weighted by Gasteiger charge is -3.24. The van der Waals surface area contributed by atoms with Crippen molar-refractivity contribution in [2.75, 3.05) is 0 Å². The van der Waals surface area contributed by atoms with E-state index in [4.69, 9.17) is 106 Å². The van der Waals surface area contributed by atoms with Gasteiger partial charge in [0.25, 0.3) is 0 Å². The highest BCUT2D eigenvalue weighted by Crippen LogP contribution is 3.20. The normalized spacial score (nSPS) is 47.0. The van der Waals surface area contributed by atoms with E-state index in [2.05, 4.69) is 354 Å². The van der Waals surface area contributed by atoms with Gasteiger partial charge in [0.05, 0.1) is 0 Å². The zero-order valence-corrected chi connectivity index (χ0v) is 120. The average molecular weight is 2250 g/mol. The van der Waals surface area contributed by atoms with Gasteiger partial charge in [0.2, 0.25) is 33.3 Å². The summed E-state index contributed by atoms with van der Waals surface area (Å²) in [5, 5.41) is 4.54. The van der Waals surface area contributed by atoms with Crippen LogP contribution in [0.2, 0.25) is 300 Å². The van der Waals surface area contributed by atoms with Gasteiger partial charge in [-0.3, -0.25) is 0 Å². The van der Waals surface area contributed by atoms with Crippen LogP contribution in [0.15, 0.2) is 45.1 Å². The van der Waals surface area contributed by atoms with Gasteiger partial charge >= 0.3 is 0 Å². The number of hydrogen-bond donors (Lipinski definition) is 0. The van der Waals surface area contributed by atoms with E-state index in [1.165, 1.54) is 0 Å². The zero-order valence-electron chi connectivity index (χ0n) is 91.7. The fraction of sp³-hybridized carbons (Fsp3) is 0.905. The van der Waals surface area contributed by atoms with Crippen molar-refractivity contribution in [3.05, 3.63) is 45.1 Å². The van der Waals surface area contributed by atoms with E-state index in [0.29, 0.717) is 0 Å². The SMILES string of the molecule is CC=C(C=C(C)[Si](C)(C)OC12C3(O[SiH2]C)C4(O[SiH2]C)C5(O[SiH2]C)C3(O[SiH2]C)C1(O[Si](C)(C)C)C5(O[Si](C)(C)C(C)=CC=C(C)[Si](C)(C)OC13C5(O[SiH2]C)C6(O[SiH2]C)C7(O[SiH2]C)C5(O[SiH2]C)C1(O[Si](C)(C)C)C7(O[Si](C)(C)C)C63O[Si](C)(C)C)C42O[Si](C)(C)C)[Si](C)(C)OC12C3(O[SiH2]C)C4(O[SiH2]C)C5(O[SiH](C)CC)C3(O[SiH](C)CC)C1(O[Si](C)(C)C)C5(O[Si](C)(C)C)C42O[Si](C)(C)C. The fourth-order valence-corrected chi connectivity index (χ4v) is 65.0. The first-order valence-corrected chi connectivity index (χ1v) is 115. The molecule has 0 aliphatic heterocycles. The molecular weight excluding hydrogens is 2070 g/mol. The van der Waals surface area contributed by atoms with E-state index in [9.17, 15) is 0 Å². The predicted octanol–water partition coefficient (Wildman–Crippen LogP) is 9.83. The molecular formula is C84H180O24Si24. The van der Waals surface area contributed by atoms with Gasteiger partial charge in [-0.2, -0.15) is 0 Å². The second kappa shape index (κ2) is 31.0. The third-order valence-corrected chi connectivity index (χ3v) is 63.1. The molecule has 18 unspecified atom stereocenters. The summed E-state index contributed by atoms with van der Waals surface area (Å²) in [6.07, 6.45) is 9.47. The van der Waals surface area contributed by atoms with Gasteiger partial charge in [-0.25, -0.2) is 0 Å². The van der Waals surface area contributed by atoms with Crippen LogP contribution in [0.1, 0.15) is 41.5 Å². The second-order valence-electron chi connectivity index (χ2n) is 50.8. The van der Waals surface area contributed by atoms with Gasteiger partial charge in [0, 0.05) is 0 Å². The van der Waals surface area contributed by atoms with E-state index in [1.807, 2.05) is 0 Å². The Morgan fingerprint density at radius 3 is 0.515 bits per heavy atom. The maximum absolute atomic E-state index is 8.97. The van der Waals surface area contributed by atoms with Gasteiger partial charge in [-0.05, 0) is 268 Å². The maximum atomic E-state index is 8.97. The predicted molar refractivity (Wildman–Crippen MR) is 594 cm³/mol. The first kappa shape index (κ1) is 109. The zero-order chi connectivity index (χ0) is 99.7. The van der Waals surface area contributed by atoms with Crippen molar-refractivity contribution in [2.45, 2.75) is 476 Å². The van der Waals surface area contributed by atoms with Crippen molar-refractivity contribution in [3.8, 4) is 0 Å². The van der Waals surface area contributed by atoms with Gasteiger partial charge in [0.15, 0.2) is 317 Å². The third kappa shape index (κ3) is 9.77. The summed E-state index contributed by atoms with van der Waals surface area (Å²) in [5.41, 5.74) is -27.1. The summed E-state index contributed by atoms with van der Waals surface area (Å²) in [7, 11) is -50.4. The molecule has 18 fully saturated rings. The van der Waals surface area contributed by atoms with Gasteiger partial charge in [0.1, 0.15) is 0 Å². The summed E-state index contributed by atoms with van der Waals surface area (Å²) in [6.45, 7) is 116. The molecule has 0 spiro atoms. The molecule has 18 atom stereocenters. The summed E-state index contributed by atoms with van der Waals surface area (Å²) >= 11 is 0. The van der Waals surface area contributed by atoms with Crippen LogP contribution in [0.25, 0.3) is 0 Å². The second-order valence-corrected chi connectivity index (χ2v) is 116. The highest BCUT2D eigenvalue weighted by atomic mass is 28.4. The van der Waals surface area contributed by atoms with Crippen LogP contribution < -0.4 is 0 Å². The van der Waals surface area contributed by atoms with Crippen molar-refractivity contribution in [2.24, 2.45) is 0 Å². The highest BCUT2D eigenvalue weighted by Gasteiger charge is 3.49. The lowest BCUT2D eigenvalue weighted by atomic mass is 8.87. The van der Waals surface area contributed by atoms with Crippen molar-refractivity contribution < 1.29 is 106 Å². The molecule has 0 N–H and O–H groups in total. The third-order valence-electron chi connectivity index (χ3n) is 33.5. The van der Waals surface area contributed by atoms with Crippen molar-refractivity contribution in [1.29, 1.82) is 0 Å². The molecule has 18 aliphatic rings. The lowest BCUT2D eigenvalue weighted by molar-refractivity contribution is -0.836. The van der Waals surface area contributed by atoms with E-state index < -0.39 is 350 Å². The van der Waals surface area contributed by atoms with E-state index >= 15 is 0 Å². The monoisotopic (exact) mass is 2240 g/mol. The molecule has 756 valence electrons. The van der Waals surface area contributed by atoms with Crippen LogP contribution in [0.3, 0.4) is 0 Å². The molecule has 24 nitrogen and oxygen atoms in total. The molecule has 132 heavy (non-hydrogen) atoms. The quantitative estimate of drug-likeness (QED) is 0.0408. The minimum Gasteiger partial charge on any atom is -0.410 e. The molecule has 18 aliphatic carbocycles. The number of rotatable bonds is 56. The minimum atomic E-state index is -3.36. The summed E-state index contributed by atoms with van der Waals surface area (Å²) in [5.74, 6) is 0. The van der Waals surface area contributed by atoms with Crippen LogP contribution in [-0.2, 0) is 106 Å². The Morgan fingerprint density at radius 1 is 0.220 bits per heavy atom. The molecule has 18 saturated carbocycles. The van der Waals surface area contributed by atoms with E-state index in [0.717, 1.165) is 32.9 Å². The molecule has 0 amide bonds. The van der Waals surface area contributed by atoms with E-state index in [-0.39, 0.29) is 0 Å². The van der Waals surface area contributed by atoms with Crippen LogP contribution in [0, 0.1) is 0 Å². The summed E-state index contributed by atoms with van der Waals surface area (Å²) < 4.78 is 197. The minimum absolute atomic E-state index is 0.914. The Kier molecular flexibility index (Phi) is 25.7. The molecule has 0 aromatic heterocycles. The average Bonchev–Trinajstić information content (AvgIpc) is 0.497. The molecule has 0 aromatic rings. The topological polar surface area (TPSA) is 222 Å². The first-order chi connectivity index (χ1) is 60.1. The van der Waals surface area contributed by atoms with Crippen LogP contribution >= 0.6 is 0 Å². The van der Waals surface area contributed by atoms with Crippen molar-refractivity contribution in [3.63, 3.8) is 0 Å². The number of allylic oxidation sites excluding steroid dienone is 8. The Hall–Kier alpha value is 3.21. The Bertz CT molecular complexity index is 4690. The molecule has 0 heterocycles.